The fourth-order valence-electron chi connectivity index (χ4n) is 3.23. The minimum absolute atomic E-state index is 0.384. The van der Waals surface area contributed by atoms with Gasteiger partial charge in [-0.05, 0) is 45.4 Å². The van der Waals surface area contributed by atoms with E-state index in [4.69, 9.17) is 14.7 Å². The van der Waals surface area contributed by atoms with Crippen LogP contribution in [0.1, 0.15) is 62.0 Å². The lowest BCUT2D eigenvalue weighted by molar-refractivity contribution is 0.0780. The number of aromatic nitrogens is 2. The molecule has 110 valence electrons. The Balaban J connectivity index is 1.94. The zero-order valence-electron chi connectivity index (χ0n) is 12.5. The molecule has 3 rings (SSSR count). The molecular weight excluding hydrogens is 250 g/mol. The Hall–Kier alpha value is -1.16. The van der Waals surface area contributed by atoms with Crippen molar-refractivity contribution >= 4 is 5.82 Å². The van der Waals surface area contributed by atoms with Crippen LogP contribution in [0.3, 0.4) is 0 Å². The second-order valence-electron chi connectivity index (χ2n) is 5.86. The van der Waals surface area contributed by atoms with Crippen molar-refractivity contribution in [1.29, 1.82) is 0 Å². The Morgan fingerprint density at radius 3 is 2.85 bits per heavy atom. The van der Waals surface area contributed by atoms with Gasteiger partial charge in [0.2, 0.25) is 0 Å². The van der Waals surface area contributed by atoms with Crippen molar-refractivity contribution in [2.24, 2.45) is 0 Å². The first kappa shape index (κ1) is 13.8. The number of nitrogens with one attached hydrogen (secondary N) is 1. The fraction of sp³-hybridized carbons (Fsp3) is 0.750. The maximum absolute atomic E-state index is 5.60. The molecule has 1 aliphatic carbocycles. The maximum atomic E-state index is 5.60. The van der Waals surface area contributed by atoms with E-state index < -0.39 is 0 Å². The van der Waals surface area contributed by atoms with Crippen molar-refractivity contribution in [2.75, 3.05) is 25.1 Å². The normalized spacial score (nSPS) is 22.9. The zero-order chi connectivity index (χ0) is 13.8. The number of aryl methyl sites for hydroxylation is 1. The summed E-state index contributed by atoms with van der Waals surface area (Å²) in [5, 5.41) is 3.45. The van der Waals surface area contributed by atoms with E-state index in [1.165, 1.54) is 30.5 Å². The van der Waals surface area contributed by atoms with Gasteiger partial charge < -0.3 is 10.1 Å². The summed E-state index contributed by atoms with van der Waals surface area (Å²) >= 11 is 0. The highest BCUT2D eigenvalue weighted by atomic mass is 16.5. The molecule has 1 saturated heterocycles. The van der Waals surface area contributed by atoms with Gasteiger partial charge in [-0.15, -0.1) is 0 Å². The average molecular weight is 275 g/mol. The second kappa shape index (κ2) is 6.53. The van der Waals surface area contributed by atoms with Crippen LogP contribution in [0.2, 0.25) is 0 Å². The first-order valence-electron chi connectivity index (χ1n) is 8.09. The molecule has 1 fully saturated rings. The molecule has 2 aliphatic rings. The molecule has 0 bridgehead atoms. The van der Waals surface area contributed by atoms with Gasteiger partial charge in [-0.2, -0.15) is 0 Å². The molecule has 0 radical (unpaired) electrons. The molecule has 20 heavy (non-hydrogen) atoms. The van der Waals surface area contributed by atoms with Crippen LogP contribution in [-0.4, -0.2) is 29.7 Å². The molecule has 2 heterocycles. The van der Waals surface area contributed by atoms with E-state index in [-0.39, 0.29) is 0 Å². The molecule has 4 heteroatoms. The summed E-state index contributed by atoms with van der Waals surface area (Å²) in [5.74, 6) is 2.47. The van der Waals surface area contributed by atoms with Crippen LogP contribution in [0.25, 0.3) is 0 Å². The van der Waals surface area contributed by atoms with E-state index in [1.54, 1.807) is 0 Å². The predicted octanol–water partition coefficient (Wildman–Crippen LogP) is 3.07. The van der Waals surface area contributed by atoms with E-state index in [2.05, 4.69) is 12.2 Å². The predicted molar refractivity (Wildman–Crippen MR) is 80.2 cm³/mol. The van der Waals surface area contributed by atoms with E-state index in [0.29, 0.717) is 5.92 Å². The Labute approximate surface area is 121 Å². The van der Waals surface area contributed by atoms with Crippen molar-refractivity contribution in [3.05, 3.63) is 17.1 Å². The van der Waals surface area contributed by atoms with Crippen molar-refractivity contribution in [3.63, 3.8) is 0 Å². The lowest BCUT2D eigenvalue weighted by Crippen LogP contribution is -2.20. The molecule has 1 aromatic heterocycles. The highest BCUT2D eigenvalue weighted by molar-refractivity contribution is 5.47. The summed E-state index contributed by atoms with van der Waals surface area (Å²) in [6, 6.07) is 0. The SMILES string of the molecule is CCNc1nc(C2CCCOC2)nc2c1CCCCC2. The minimum atomic E-state index is 0.384. The molecule has 0 saturated carbocycles. The molecule has 1 atom stereocenters. The van der Waals surface area contributed by atoms with Gasteiger partial charge in [0, 0.05) is 30.3 Å². The summed E-state index contributed by atoms with van der Waals surface area (Å²) < 4.78 is 5.60. The first-order valence-corrected chi connectivity index (χ1v) is 8.09. The second-order valence-corrected chi connectivity index (χ2v) is 5.86. The molecule has 4 nitrogen and oxygen atoms in total. The summed E-state index contributed by atoms with van der Waals surface area (Å²) in [5.41, 5.74) is 2.65. The molecule has 1 N–H and O–H groups in total. The summed E-state index contributed by atoms with van der Waals surface area (Å²) in [6.45, 7) is 4.73. The first-order chi connectivity index (χ1) is 9.88. The highest BCUT2D eigenvalue weighted by Crippen LogP contribution is 2.29. The smallest absolute Gasteiger partial charge is 0.136 e. The van der Waals surface area contributed by atoms with Crippen LogP contribution in [-0.2, 0) is 17.6 Å². The van der Waals surface area contributed by atoms with Crippen molar-refractivity contribution in [3.8, 4) is 0 Å². The lowest BCUT2D eigenvalue weighted by atomic mass is 10.0. The van der Waals surface area contributed by atoms with Crippen molar-refractivity contribution < 1.29 is 4.74 Å². The summed E-state index contributed by atoms with van der Waals surface area (Å²) in [6.07, 6.45) is 8.35. The van der Waals surface area contributed by atoms with Gasteiger partial charge in [0.05, 0.1) is 6.61 Å². The van der Waals surface area contributed by atoms with Crippen LogP contribution in [0.4, 0.5) is 5.82 Å². The third-order valence-electron chi connectivity index (χ3n) is 4.32. The topological polar surface area (TPSA) is 47.0 Å². The van der Waals surface area contributed by atoms with E-state index >= 15 is 0 Å². The molecule has 1 unspecified atom stereocenters. The van der Waals surface area contributed by atoms with Crippen molar-refractivity contribution in [2.45, 2.75) is 57.8 Å². The van der Waals surface area contributed by atoms with Crippen molar-refractivity contribution in [1.82, 2.24) is 9.97 Å². The third kappa shape index (κ3) is 2.95. The monoisotopic (exact) mass is 275 g/mol. The van der Waals surface area contributed by atoms with Gasteiger partial charge in [0.25, 0.3) is 0 Å². The Kier molecular flexibility index (Phi) is 4.51. The van der Waals surface area contributed by atoms with E-state index in [0.717, 1.165) is 57.1 Å². The zero-order valence-corrected chi connectivity index (χ0v) is 12.5. The third-order valence-corrected chi connectivity index (χ3v) is 4.32. The van der Waals surface area contributed by atoms with E-state index in [1.807, 2.05) is 0 Å². The lowest BCUT2D eigenvalue weighted by Gasteiger charge is -2.23. The van der Waals surface area contributed by atoms with E-state index in [9.17, 15) is 0 Å². The Morgan fingerprint density at radius 2 is 2.05 bits per heavy atom. The van der Waals surface area contributed by atoms with Crippen LogP contribution < -0.4 is 5.32 Å². The van der Waals surface area contributed by atoms with Gasteiger partial charge in [-0.3, -0.25) is 0 Å². The fourth-order valence-corrected chi connectivity index (χ4v) is 3.23. The number of fused-ring (bicyclic) bond motifs is 1. The number of hydrogen-bond acceptors (Lipinski definition) is 4. The number of nitrogens with zero attached hydrogens (tertiary/aromatic N) is 2. The number of rotatable bonds is 3. The van der Waals surface area contributed by atoms with Crippen LogP contribution in [0.5, 0.6) is 0 Å². The summed E-state index contributed by atoms with van der Waals surface area (Å²) in [4.78, 5) is 9.75. The van der Waals surface area contributed by atoms with Gasteiger partial charge in [0.15, 0.2) is 0 Å². The number of hydrogen-bond donors (Lipinski definition) is 1. The molecule has 1 aromatic rings. The van der Waals surface area contributed by atoms with Gasteiger partial charge in [-0.25, -0.2) is 9.97 Å². The standard InChI is InChI=1S/C16H25N3O/c1-2-17-16-13-8-4-3-5-9-14(13)18-15(19-16)12-7-6-10-20-11-12/h12H,2-11H2,1H3,(H,17,18,19). The quantitative estimate of drug-likeness (QED) is 0.861. The van der Waals surface area contributed by atoms with Gasteiger partial charge in [0.1, 0.15) is 11.6 Å². The maximum Gasteiger partial charge on any atom is 0.136 e. The highest BCUT2D eigenvalue weighted by Gasteiger charge is 2.23. The van der Waals surface area contributed by atoms with Crippen LogP contribution in [0.15, 0.2) is 0 Å². The largest absolute Gasteiger partial charge is 0.381 e. The Morgan fingerprint density at radius 1 is 1.15 bits per heavy atom. The number of ether oxygens (including phenoxy) is 1. The van der Waals surface area contributed by atoms with Crippen LogP contribution >= 0.6 is 0 Å². The summed E-state index contributed by atoms with van der Waals surface area (Å²) in [7, 11) is 0. The van der Waals surface area contributed by atoms with Gasteiger partial charge >= 0.3 is 0 Å². The molecule has 0 spiro atoms. The number of anilines is 1. The molecule has 0 aromatic carbocycles. The molecule has 1 aliphatic heterocycles. The van der Waals surface area contributed by atoms with Crippen LogP contribution in [0, 0.1) is 0 Å². The average Bonchev–Trinajstić information content (AvgIpc) is 2.74. The van der Waals surface area contributed by atoms with Gasteiger partial charge in [-0.1, -0.05) is 6.42 Å². The molecular formula is C16H25N3O. The Bertz CT molecular complexity index is 455. The molecule has 0 amide bonds. The minimum Gasteiger partial charge on any atom is -0.381 e.